The van der Waals surface area contributed by atoms with E-state index in [0.717, 1.165) is 12.8 Å². The lowest BCUT2D eigenvalue weighted by Gasteiger charge is -2.10. The standard InChI is InChI=1S/C10H10O/c1-2-4-8-6-10-9(11-10)5-7(8)3-1/h1-4,9-10H,5-6H2. The average Bonchev–Trinajstić information content (AvgIpc) is 2.77. The molecule has 1 aromatic carbocycles. The zero-order valence-corrected chi connectivity index (χ0v) is 6.29. The fourth-order valence-electron chi connectivity index (χ4n) is 1.93. The monoisotopic (exact) mass is 146 g/mol. The molecule has 1 aliphatic heterocycles. The highest BCUT2D eigenvalue weighted by Crippen LogP contribution is 2.35. The summed E-state index contributed by atoms with van der Waals surface area (Å²) >= 11 is 0. The molecule has 0 radical (unpaired) electrons. The fraction of sp³-hybridized carbons (Fsp3) is 0.400. The van der Waals surface area contributed by atoms with Crippen molar-refractivity contribution in [2.75, 3.05) is 0 Å². The van der Waals surface area contributed by atoms with Gasteiger partial charge in [0.05, 0.1) is 12.2 Å². The first kappa shape index (κ1) is 5.78. The Labute approximate surface area is 66.0 Å². The molecule has 1 fully saturated rings. The van der Waals surface area contributed by atoms with Gasteiger partial charge in [-0.15, -0.1) is 0 Å². The Morgan fingerprint density at radius 2 is 1.55 bits per heavy atom. The summed E-state index contributed by atoms with van der Waals surface area (Å²) in [6.45, 7) is 0. The average molecular weight is 146 g/mol. The van der Waals surface area contributed by atoms with Crippen LogP contribution in [0.15, 0.2) is 24.3 Å². The van der Waals surface area contributed by atoms with E-state index < -0.39 is 0 Å². The first-order valence-electron chi connectivity index (χ1n) is 4.16. The van der Waals surface area contributed by atoms with E-state index in [1.54, 1.807) is 0 Å². The van der Waals surface area contributed by atoms with Gasteiger partial charge in [-0.1, -0.05) is 24.3 Å². The van der Waals surface area contributed by atoms with Gasteiger partial charge in [-0.2, -0.15) is 0 Å². The Bertz CT molecular complexity index is 264. The molecule has 3 rings (SSSR count). The molecule has 1 aromatic rings. The fourth-order valence-corrected chi connectivity index (χ4v) is 1.93. The van der Waals surface area contributed by atoms with Crippen LogP contribution in [0.1, 0.15) is 11.1 Å². The Hall–Kier alpha value is -0.820. The number of rotatable bonds is 0. The van der Waals surface area contributed by atoms with E-state index in [0.29, 0.717) is 12.2 Å². The zero-order chi connectivity index (χ0) is 7.26. The summed E-state index contributed by atoms with van der Waals surface area (Å²) in [6, 6.07) is 8.66. The number of fused-ring (bicyclic) bond motifs is 2. The van der Waals surface area contributed by atoms with Gasteiger partial charge in [0.2, 0.25) is 0 Å². The van der Waals surface area contributed by atoms with Crippen LogP contribution in [0.2, 0.25) is 0 Å². The number of hydrogen-bond acceptors (Lipinski definition) is 1. The molecule has 0 N–H and O–H groups in total. The van der Waals surface area contributed by atoms with Gasteiger partial charge in [0, 0.05) is 12.8 Å². The maximum atomic E-state index is 5.46. The van der Waals surface area contributed by atoms with E-state index >= 15 is 0 Å². The summed E-state index contributed by atoms with van der Waals surface area (Å²) in [4.78, 5) is 0. The summed E-state index contributed by atoms with van der Waals surface area (Å²) in [7, 11) is 0. The van der Waals surface area contributed by atoms with Crippen LogP contribution >= 0.6 is 0 Å². The van der Waals surface area contributed by atoms with Crippen LogP contribution in [-0.4, -0.2) is 12.2 Å². The molecular weight excluding hydrogens is 136 g/mol. The summed E-state index contributed by atoms with van der Waals surface area (Å²) in [5, 5.41) is 0. The first-order chi connectivity index (χ1) is 5.43. The number of ether oxygens (including phenoxy) is 1. The maximum Gasteiger partial charge on any atom is 0.0885 e. The van der Waals surface area contributed by atoms with E-state index in [9.17, 15) is 0 Å². The highest BCUT2D eigenvalue weighted by atomic mass is 16.6. The molecule has 56 valence electrons. The predicted molar refractivity (Wildman–Crippen MR) is 42.5 cm³/mol. The van der Waals surface area contributed by atoms with Crippen LogP contribution in [0.4, 0.5) is 0 Å². The highest BCUT2D eigenvalue weighted by molar-refractivity contribution is 5.33. The zero-order valence-electron chi connectivity index (χ0n) is 6.29. The second kappa shape index (κ2) is 1.86. The number of hydrogen-bond donors (Lipinski definition) is 0. The van der Waals surface area contributed by atoms with Gasteiger partial charge in [0.15, 0.2) is 0 Å². The smallest absolute Gasteiger partial charge is 0.0885 e. The van der Waals surface area contributed by atoms with Crippen LogP contribution in [0, 0.1) is 0 Å². The molecule has 1 aliphatic carbocycles. The highest BCUT2D eigenvalue weighted by Gasteiger charge is 2.42. The third-order valence-corrected chi connectivity index (χ3v) is 2.65. The van der Waals surface area contributed by atoms with Gasteiger partial charge < -0.3 is 4.74 Å². The Morgan fingerprint density at radius 3 is 2.09 bits per heavy atom. The van der Waals surface area contributed by atoms with Crippen LogP contribution in [0.5, 0.6) is 0 Å². The van der Waals surface area contributed by atoms with Crippen molar-refractivity contribution in [3.8, 4) is 0 Å². The van der Waals surface area contributed by atoms with Gasteiger partial charge in [0.1, 0.15) is 0 Å². The minimum atomic E-state index is 0.560. The van der Waals surface area contributed by atoms with Gasteiger partial charge >= 0.3 is 0 Å². The van der Waals surface area contributed by atoms with Crippen LogP contribution in [0.3, 0.4) is 0 Å². The van der Waals surface area contributed by atoms with Crippen molar-refractivity contribution in [2.45, 2.75) is 25.0 Å². The summed E-state index contributed by atoms with van der Waals surface area (Å²) < 4.78 is 5.46. The van der Waals surface area contributed by atoms with Gasteiger partial charge in [-0.05, 0) is 11.1 Å². The third kappa shape index (κ3) is 0.809. The molecule has 11 heavy (non-hydrogen) atoms. The van der Waals surface area contributed by atoms with Gasteiger partial charge in [-0.3, -0.25) is 0 Å². The maximum absolute atomic E-state index is 5.46. The summed E-state index contributed by atoms with van der Waals surface area (Å²) in [5.74, 6) is 0. The molecule has 1 nitrogen and oxygen atoms in total. The van der Waals surface area contributed by atoms with Gasteiger partial charge in [-0.25, -0.2) is 0 Å². The summed E-state index contributed by atoms with van der Waals surface area (Å²) in [6.07, 6.45) is 3.40. The number of benzene rings is 1. The molecule has 2 aliphatic rings. The van der Waals surface area contributed by atoms with Crippen molar-refractivity contribution in [3.63, 3.8) is 0 Å². The lowest BCUT2D eigenvalue weighted by atomic mass is 9.92. The van der Waals surface area contributed by atoms with Crippen molar-refractivity contribution in [1.82, 2.24) is 0 Å². The molecule has 0 aromatic heterocycles. The normalized spacial score (nSPS) is 32.4. The molecule has 1 heterocycles. The second-order valence-corrected chi connectivity index (χ2v) is 3.39. The van der Waals surface area contributed by atoms with Crippen LogP contribution in [-0.2, 0) is 17.6 Å². The minimum Gasteiger partial charge on any atom is -0.369 e. The molecule has 0 bridgehead atoms. The Morgan fingerprint density at radius 1 is 1.00 bits per heavy atom. The van der Waals surface area contributed by atoms with E-state index in [-0.39, 0.29) is 0 Å². The second-order valence-electron chi connectivity index (χ2n) is 3.39. The van der Waals surface area contributed by atoms with Crippen molar-refractivity contribution >= 4 is 0 Å². The molecular formula is C10H10O. The van der Waals surface area contributed by atoms with E-state index in [4.69, 9.17) is 4.74 Å². The van der Waals surface area contributed by atoms with Crippen LogP contribution < -0.4 is 0 Å². The first-order valence-corrected chi connectivity index (χ1v) is 4.16. The topological polar surface area (TPSA) is 12.5 Å². The van der Waals surface area contributed by atoms with E-state index in [1.807, 2.05) is 0 Å². The SMILES string of the molecule is c1ccc2c(c1)CC1OC1C2. The van der Waals surface area contributed by atoms with E-state index in [1.165, 1.54) is 11.1 Å². The molecule has 1 heteroatoms. The van der Waals surface area contributed by atoms with Crippen molar-refractivity contribution in [2.24, 2.45) is 0 Å². The van der Waals surface area contributed by atoms with Crippen molar-refractivity contribution in [3.05, 3.63) is 35.4 Å². The number of epoxide rings is 1. The van der Waals surface area contributed by atoms with E-state index in [2.05, 4.69) is 24.3 Å². The predicted octanol–water partition coefficient (Wildman–Crippen LogP) is 1.55. The Kier molecular flexibility index (Phi) is 0.977. The molecule has 0 saturated carbocycles. The molecule has 0 spiro atoms. The molecule has 2 unspecified atom stereocenters. The van der Waals surface area contributed by atoms with Crippen molar-refractivity contribution in [1.29, 1.82) is 0 Å². The molecule has 2 atom stereocenters. The molecule has 0 amide bonds. The van der Waals surface area contributed by atoms with Crippen LogP contribution in [0.25, 0.3) is 0 Å². The van der Waals surface area contributed by atoms with Crippen molar-refractivity contribution < 1.29 is 4.74 Å². The lowest BCUT2D eigenvalue weighted by Crippen LogP contribution is -2.11. The molecule has 1 saturated heterocycles. The lowest BCUT2D eigenvalue weighted by molar-refractivity contribution is 0.375. The largest absolute Gasteiger partial charge is 0.369 e. The Balaban J connectivity index is 2.07. The summed E-state index contributed by atoms with van der Waals surface area (Å²) in [5.41, 5.74) is 2.98. The van der Waals surface area contributed by atoms with Gasteiger partial charge in [0.25, 0.3) is 0 Å². The minimum absolute atomic E-state index is 0.560. The quantitative estimate of drug-likeness (QED) is 0.506. The third-order valence-electron chi connectivity index (χ3n) is 2.65.